The van der Waals surface area contributed by atoms with E-state index in [0.29, 0.717) is 11.5 Å². The van der Waals surface area contributed by atoms with Crippen molar-refractivity contribution in [3.63, 3.8) is 0 Å². The van der Waals surface area contributed by atoms with Crippen molar-refractivity contribution in [2.24, 2.45) is 5.10 Å². The van der Waals surface area contributed by atoms with E-state index in [1.54, 1.807) is 19.2 Å². The predicted molar refractivity (Wildman–Crippen MR) is 85.4 cm³/mol. The number of rotatable bonds is 5. The van der Waals surface area contributed by atoms with Gasteiger partial charge in [0.25, 0.3) is 5.56 Å². The first-order chi connectivity index (χ1) is 10.5. The monoisotopic (exact) mass is 320 g/mol. The summed E-state index contributed by atoms with van der Waals surface area (Å²) in [5.74, 6) is 1.23. The highest BCUT2D eigenvalue weighted by Gasteiger charge is 2.06. The molecule has 1 heterocycles. The van der Waals surface area contributed by atoms with Crippen molar-refractivity contribution >= 4 is 18.4 Å². The molecule has 0 aliphatic carbocycles. The molecule has 22 heavy (non-hydrogen) atoms. The topological polar surface area (TPSA) is 81.5 Å². The lowest BCUT2D eigenvalue weighted by Gasteiger charge is -2.13. The summed E-state index contributed by atoms with van der Waals surface area (Å²) < 4.78 is 12.1. The van der Waals surface area contributed by atoms with Gasteiger partial charge < -0.3 is 9.47 Å². The first kappa shape index (κ1) is 15.9. The number of H-pyrrole nitrogens is 1. The Morgan fingerprint density at radius 1 is 1.41 bits per heavy atom. The largest absolute Gasteiger partial charge is 0.493 e. The van der Waals surface area contributed by atoms with E-state index in [2.05, 4.69) is 15.3 Å². The van der Waals surface area contributed by atoms with Crippen LogP contribution < -0.4 is 15.0 Å². The van der Waals surface area contributed by atoms with Gasteiger partial charge in [-0.2, -0.15) is 14.9 Å². The summed E-state index contributed by atoms with van der Waals surface area (Å²) in [6.07, 6.45) is 2.65. The van der Waals surface area contributed by atoms with Crippen molar-refractivity contribution in [2.75, 3.05) is 7.11 Å². The van der Waals surface area contributed by atoms with Gasteiger partial charge in [-0.15, -0.1) is 0 Å². The maximum Gasteiger partial charge on any atom is 0.293 e. The van der Waals surface area contributed by atoms with Gasteiger partial charge in [-0.1, -0.05) is 0 Å². The Morgan fingerprint density at radius 3 is 2.82 bits per heavy atom. The van der Waals surface area contributed by atoms with Crippen molar-refractivity contribution in [1.82, 2.24) is 14.9 Å². The zero-order valence-corrected chi connectivity index (χ0v) is 13.3. The zero-order chi connectivity index (χ0) is 16.1. The lowest BCUT2D eigenvalue weighted by molar-refractivity contribution is 0.230. The minimum absolute atomic E-state index is 0.0436. The molecule has 0 aliphatic heterocycles. The molecule has 1 aromatic carbocycles. The number of aromatic nitrogens is 3. The molecule has 0 amide bonds. The van der Waals surface area contributed by atoms with Gasteiger partial charge in [-0.05, 0) is 49.8 Å². The van der Waals surface area contributed by atoms with Crippen LogP contribution in [-0.2, 0) is 0 Å². The van der Waals surface area contributed by atoms with E-state index in [-0.39, 0.29) is 10.9 Å². The van der Waals surface area contributed by atoms with Crippen LogP contribution in [-0.4, -0.2) is 34.3 Å². The number of benzene rings is 1. The average molecular weight is 320 g/mol. The second-order valence-corrected chi connectivity index (χ2v) is 5.03. The Kier molecular flexibility index (Phi) is 5.05. The maximum absolute atomic E-state index is 11.6. The molecule has 7 nitrogen and oxygen atoms in total. The van der Waals surface area contributed by atoms with Gasteiger partial charge in [0.05, 0.1) is 19.4 Å². The Labute approximate surface area is 132 Å². The molecule has 1 aromatic heterocycles. The fourth-order valence-corrected chi connectivity index (χ4v) is 1.88. The molecule has 0 bridgehead atoms. The van der Waals surface area contributed by atoms with Gasteiger partial charge in [-0.25, -0.2) is 0 Å². The number of hydrogen-bond donors (Lipinski definition) is 1. The lowest BCUT2D eigenvalue weighted by Crippen LogP contribution is -2.18. The zero-order valence-electron chi connectivity index (χ0n) is 12.4. The van der Waals surface area contributed by atoms with Crippen LogP contribution in [0.25, 0.3) is 0 Å². The fourth-order valence-electron chi connectivity index (χ4n) is 1.69. The second-order valence-electron chi connectivity index (χ2n) is 4.65. The van der Waals surface area contributed by atoms with Gasteiger partial charge in [-0.3, -0.25) is 9.89 Å². The average Bonchev–Trinajstić information content (AvgIpc) is 2.47. The molecule has 0 spiro atoms. The third kappa shape index (κ3) is 3.79. The quantitative estimate of drug-likeness (QED) is 0.673. The number of hydrogen-bond acceptors (Lipinski definition) is 6. The van der Waals surface area contributed by atoms with E-state index in [9.17, 15) is 4.79 Å². The van der Waals surface area contributed by atoms with Gasteiger partial charge in [0, 0.05) is 0 Å². The summed E-state index contributed by atoms with van der Waals surface area (Å²) in [7, 11) is 1.56. The molecule has 0 aliphatic rings. The van der Waals surface area contributed by atoms with Crippen molar-refractivity contribution in [3.05, 3.63) is 45.1 Å². The summed E-state index contributed by atoms with van der Waals surface area (Å²) in [6, 6.07) is 5.36. The van der Waals surface area contributed by atoms with Crippen molar-refractivity contribution in [3.8, 4) is 11.5 Å². The third-order valence-electron chi connectivity index (χ3n) is 2.61. The highest BCUT2D eigenvalue weighted by molar-refractivity contribution is 7.71. The Hall–Kier alpha value is -2.48. The predicted octanol–water partition coefficient (Wildman–Crippen LogP) is 1.98. The minimum atomic E-state index is -0.410. The molecule has 1 N–H and O–H groups in total. The third-order valence-corrected chi connectivity index (χ3v) is 2.87. The van der Waals surface area contributed by atoms with Crippen LogP contribution in [0.15, 0.2) is 34.3 Å². The van der Waals surface area contributed by atoms with Gasteiger partial charge in [0.2, 0.25) is 4.77 Å². The first-order valence-corrected chi connectivity index (χ1v) is 6.98. The summed E-state index contributed by atoms with van der Waals surface area (Å²) in [4.78, 5) is 11.6. The Bertz CT molecular complexity index is 767. The van der Waals surface area contributed by atoms with Crippen LogP contribution in [0.4, 0.5) is 0 Å². The van der Waals surface area contributed by atoms with Crippen LogP contribution >= 0.6 is 12.2 Å². The Balaban J connectivity index is 2.32. The molecule has 2 aromatic rings. The molecule has 8 heteroatoms. The fraction of sp³-hybridized carbons (Fsp3) is 0.286. The van der Waals surface area contributed by atoms with Crippen LogP contribution in [0.2, 0.25) is 0 Å². The molecule has 0 saturated carbocycles. The minimum Gasteiger partial charge on any atom is -0.493 e. The Morgan fingerprint density at radius 2 is 2.18 bits per heavy atom. The molecule has 0 atom stereocenters. The summed E-state index contributed by atoms with van der Waals surface area (Å²) in [5.41, 5.74) is 0.331. The molecule has 116 valence electrons. The standard InChI is InChI=1S/C14H16N4O3S/c1-9(2)21-11-5-4-10(6-12(11)20-3)7-16-18-13(19)8-15-17-14(18)22/h4-9H,1-3H3,(H,17,22)/b16-7-. The molecule has 0 saturated heterocycles. The molecular formula is C14H16N4O3S. The molecule has 0 fully saturated rings. The van der Waals surface area contributed by atoms with E-state index >= 15 is 0 Å². The SMILES string of the molecule is COc1cc(/C=N\n2c(=O)cn[nH]c2=S)ccc1OC(C)C. The summed E-state index contributed by atoms with van der Waals surface area (Å²) in [5, 5.41) is 10.1. The molecule has 0 unspecified atom stereocenters. The summed E-state index contributed by atoms with van der Waals surface area (Å²) in [6.45, 7) is 3.87. The molecule has 2 rings (SSSR count). The molecule has 0 radical (unpaired) electrons. The first-order valence-electron chi connectivity index (χ1n) is 6.57. The van der Waals surface area contributed by atoms with Crippen molar-refractivity contribution in [2.45, 2.75) is 20.0 Å². The molecular weight excluding hydrogens is 304 g/mol. The smallest absolute Gasteiger partial charge is 0.293 e. The van der Waals surface area contributed by atoms with Crippen LogP contribution in [0.1, 0.15) is 19.4 Å². The highest BCUT2D eigenvalue weighted by atomic mass is 32.1. The highest BCUT2D eigenvalue weighted by Crippen LogP contribution is 2.28. The van der Waals surface area contributed by atoms with Crippen LogP contribution in [0, 0.1) is 4.77 Å². The van der Waals surface area contributed by atoms with Crippen molar-refractivity contribution < 1.29 is 9.47 Å². The second kappa shape index (κ2) is 6.99. The maximum atomic E-state index is 11.6. The van der Waals surface area contributed by atoms with Gasteiger partial charge in [0.15, 0.2) is 11.5 Å². The van der Waals surface area contributed by atoms with Crippen LogP contribution in [0.3, 0.4) is 0 Å². The number of ether oxygens (including phenoxy) is 2. The lowest BCUT2D eigenvalue weighted by atomic mass is 10.2. The van der Waals surface area contributed by atoms with E-state index in [0.717, 1.165) is 16.4 Å². The normalized spacial score (nSPS) is 11.1. The summed E-state index contributed by atoms with van der Waals surface area (Å²) >= 11 is 4.96. The number of aromatic amines is 1. The number of methoxy groups -OCH3 is 1. The number of nitrogens with one attached hydrogen (secondary N) is 1. The van der Waals surface area contributed by atoms with E-state index in [1.807, 2.05) is 19.9 Å². The van der Waals surface area contributed by atoms with Gasteiger partial charge in [0.1, 0.15) is 6.20 Å². The van der Waals surface area contributed by atoms with Gasteiger partial charge >= 0.3 is 0 Å². The number of nitrogens with zero attached hydrogens (tertiary/aromatic N) is 3. The van der Waals surface area contributed by atoms with Crippen LogP contribution in [0.5, 0.6) is 11.5 Å². The van der Waals surface area contributed by atoms with Crippen molar-refractivity contribution in [1.29, 1.82) is 0 Å². The van der Waals surface area contributed by atoms with E-state index in [4.69, 9.17) is 21.7 Å². The van der Waals surface area contributed by atoms with E-state index in [1.165, 1.54) is 6.21 Å². The van der Waals surface area contributed by atoms with E-state index < -0.39 is 5.56 Å².